The van der Waals surface area contributed by atoms with E-state index in [0.29, 0.717) is 28.3 Å². The van der Waals surface area contributed by atoms with Crippen molar-refractivity contribution in [2.45, 2.75) is 27.7 Å². The van der Waals surface area contributed by atoms with E-state index in [1.807, 2.05) is 26.0 Å². The van der Waals surface area contributed by atoms with Gasteiger partial charge in [-0.3, -0.25) is 4.79 Å². The van der Waals surface area contributed by atoms with Crippen molar-refractivity contribution >= 4 is 17.3 Å². The first-order chi connectivity index (χ1) is 9.38. The Kier molecular flexibility index (Phi) is 3.70. The zero-order valence-electron chi connectivity index (χ0n) is 12.1. The molecule has 0 unspecified atom stereocenters. The molecule has 104 valence electrons. The van der Waals surface area contributed by atoms with Crippen molar-refractivity contribution in [3.05, 3.63) is 46.3 Å². The normalized spacial score (nSPS) is 10.4. The molecule has 0 saturated carbocycles. The zero-order valence-corrected chi connectivity index (χ0v) is 12.1. The molecule has 0 spiro atoms. The molecule has 1 aromatic carbocycles. The van der Waals surface area contributed by atoms with E-state index in [1.54, 1.807) is 19.9 Å². The Bertz CT molecular complexity index is 680. The third-order valence-corrected chi connectivity index (χ3v) is 3.26. The predicted molar refractivity (Wildman–Crippen MR) is 79.8 cm³/mol. The maximum Gasteiger partial charge on any atom is 0.257 e. The summed E-state index contributed by atoms with van der Waals surface area (Å²) in [5, 5.41) is 10.7. The van der Waals surface area contributed by atoms with E-state index in [0.717, 1.165) is 11.1 Å². The molecule has 0 atom stereocenters. The summed E-state index contributed by atoms with van der Waals surface area (Å²) >= 11 is 0. The number of nitrogens with two attached hydrogens (primary N) is 1. The van der Waals surface area contributed by atoms with E-state index < -0.39 is 0 Å². The van der Waals surface area contributed by atoms with Gasteiger partial charge in [0.1, 0.15) is 0 Å². The van der Waals surface area contributed by atoms with Gasteiger partial charge in [0, 0.05) is 0 Å². The van der Waals surface area contributed by atoms with Gasteiger partial charge < -0.3 is 11.1 Å². The molecular formula is C15H18N4O. The molecule has 0 aliphatic heterocycles. The molecule has 5 nitrogen and oxygen atoms in total. The number of amides is 1. The van der Waals surface area contributed by atoms with Crippen LogP contribution in [0.4, 0.5) is 11.4 Å². The number of nitrogens with one attached hydrogen (secondary N) is 1. The minimum absolute atomic E-state index is 0.226. The molecule has 20 heavy (non-hydrogen) atoms. The fourth-order valence-electron chi connectivity index (χ4n) is 1.92. The Morgan fingerprint density at radius 1 is 1.05 bits per heavy atom. The number of carbonyl (C=O) groups is 1. The number of hydrogen-bond donors (Lipinski definition) is 2. The highest BCUT2D eigenvalue weighted by Crippen LogP contribution is 2.23. The van der Waals surface area contributed by atoms with E-state index in [2.05, 4.69) is 15.5 Å². The van der Waals surface area contributed by atoms with Crippen molar-refractivity contribution in [3.8, 4) is 0 Å². The molecule has 1 aromatic heterocycles. The van der Waals surface area contributed by atoms with E-state index >= 15 is 0 Å². The molecule has 0 saturated heterocycles. The number of nitrogen functional groups attached to an aromatic ring is 1. The van der Waals surface area contributed by atoms with Gasteiger partial charge in [-0.25, -0.2) is 0 Å². The number of benzene rings is 1. The van der Waals surface area contributed by atoms with Crippen molar-refractivity contribution < 1.29 is 4.79 Å². The highest BCUT2D eigenvalue weighted by molar-refractivity contribution is 6.06. The minimum Gasteiger partial charge on any atom is -0.397 e. The standard InChI is InChI=1S/C15H18N4O/c1-8-5-13(16)14(6-9(8)2)17-15(20)12-7-10(3)18-19-11(12)4/h5-7H,16H2,1-4H3,(H,17,20). The molecule has 0 aliphatic rings. The largest absolute Gasteiger partial charge is 0.397 e. The Morgan fingerprint density at radius 2 is 1.70 bits per heavy atom. The van der Waals surface area contributed by atoms with Gasteiger partial charge in [0.15, 0.2) is 0 Å². The quantitative estimate of drug-likeness (QED) is 0.822. The fraction of sp³-hybridized carbons (Fsp3) is 0.267. The second-order valence-electron chi connectivity index (χ2n) is 4.96. The summed E-state index contributed by atoms with van der Waals surface area (Å²) in [6.45, 7) is 7.52. The first kappa shape index (κ1) is 14.0. The van der Waals surface area contributed by atoms with Crippen LogP contribution in [-0.2, 0) is 0 Å². The zero-order chi connectivity index (χ0) is 14.9. The van der Waals surface area contributed by atoms with Gasteiger partial charge in [0.2, 0.25) is 0 Å². The lowest BCUT2D eigenvalue weighted by atomic mass is 10.1. The molecular weight excluding hydrogens is 252 g/mol. The van der Waals surface area contributed by atoms with Gasteiger partial charge in [-0.15, -0.1) is 0 Å². The van der Waals surface area contributed by atoms with E-state index in [4.69, 9.17) is 5.73 Å². The van der Waals surface area contributed by atoms with Crippen LogP contribution < -0.4 is 11.1 Å². The van der Waals surface area contributed by atoms with Gasteiger partial charge in [0.05, 0.1) is 28.3 Å². The second kappa shape index (κ2) is 5.28. The van der Waals surface area contributed by atoms with Crippen molar-refractivity contribution in [3.63, 3.8) is 0 Å². The molecule has 0 bridgehead atoms. The SMILES string of the molecule is Cc1cc(C(=O)Nc2cc(C)c(C)cc2N)c(C)nn1. The van der Waals surface area contributed by atoms with Crippen LogP contribution in [0.2, 0.25) is 0 Å². The Labute approximate surface area is 118 Å². The molecule has 0 aliphatic carbocycles. The molecule has 1 amide bonds. The lowest BCUT2D eigenvalue weighted by Crippen LogP contribution is -2.16. The van der Waals surface area contributed by atoms with Gasteiger partial charge in [-0.05, 0) is 57.0 Å². The summed E-state index contributed by atoms with van der Waals surface area (Å²) in [4.78, 5) is 12.3. The summed E-state index contributed by atoms with van der Waals surface area (Å²) < 4.78 is 0. The summed E-state index contributed by atoms with van der Waals surface area (Å²) in [5.41, 5.74) is 11.1. The van der Waals surface area contributed by atoms with Crippen LogP contribution in [0.5, 0.6) is 0 Å². The summed E-state index contributed by atoms with van der Waals surface area (Å²) in [5.74, 6) is -0.226. The van der Waals surface area contributed by atoms with E-state index in [9.17, 15) is 4.79 Å². The smallest absolute Gasteiger partial charge is 0.257 e. The van der Waals surface area contributed by atoms with Crippen LogP contribution in [0.15, 0.2) is 18.2 Å². The highest BCUT2D eigenvalue weighted by atomic mass is 16.1. The number of nitrogens with zero attached hydrogens (tertiary/aromatic N) is 2. The number of carbonyl (C=O) groups excluding carboxylic acids is 1. The number of hydrogen-bond acceptors (Lipinski definition) is 4. The molecule has 0 fully saturated rings. The van der Waals surface area contributed by atoms with Crippen LogP contribution in [0, 0.1) is 27.7 Å². The van der Waals surface area contributed by atoms with Crippen LogP contribution >= 0.6 is 0 Å². The topological polar surface area (TPSA) is 80.9 Å². The Morgan fingerprint density at radius 3 is 2.40 bits per heavy atom. The highest BCUT2D eigenvalue weighted by Gasteiger charge is 2.13. The van der Waals surface area contributed by atoms with Gasteiger partial charge >= 0.3 is 0 Å². The molecule has 2 aromatic rings. The molecule has 1 heterocycles. The third-order valence-electron chi connectivity index (χ3n) is 3.26. The molecule has 0 radical (unpaired) electrons. The second-order valence-corrected chi connectivity index (χ2v) is 4.96. The van der Waals surface area contributed by atoms with Gasteiger partial charge in [-0.1, -0.05) is 0 Å². The Hall–Kier alpha value is -2.43. The molecule has 2 rings (SSSR count). The molecule has 5 heteroatoms. The third kappa shape index (κ3) is 2.77. The number of aromatic nitrogens is 2. The van der Waals surface area contributed by atoms with Crippen LogP contribution in [0.25, 0.3) is 0 Å². The minimum atomic E-state index is -0.226. The lowest BCUT2D eigenvalue weighted by Gasteiger charge is -2.12. The Balaban J connectivity index is 2.32. The average molecular weight is 270 g/mol. The number of rotatable bonds is 2. The van der Waals surface area contributed by atoms with Crippen molar-refractivity contribution in [2.24, 2.45) is 0 Å². The number of anilines is 2. The predicted octanol–water partition coefficient (Wildman–Crippen LogP) is 2.54. The first-order valence-electron chi connectivity index (χ1n) is 6.37. The first-order valence-corrected chi connectivity index (χ1v) is 6.37. The fourth-order valence-corrected chi connectivity index (χ4v) is 1.92. The molecule has 3 N–H and O–H groups in total. The number of aryl methyl sites for hydroxylation is 4. The van der Waals surface area contributed by atoms with E-state index in [-0.39, 0.29) is 5.91 Å². The van der Waals surface area contributed by atoms with Crippen molar-refractivity contribution in [1.29, 1.82) is 0 Å². The maximum atomic E-state index is 12.3. The van der Waals surface area contributed by atoms with E-state index in [1.165, 1.54) is 0 Å². The van der Waals surface area contributed by atoms with Crippen LogP contribution in [-0.4, -0.2) is 16.1 Å². The summed E-state index contributed by atoms with van der Waals surface area (Å²) in [7, 11) is 0. The van der Waals surface area contributed by atoms with Gasteiger partial charge in [-0.2, -0.15) is 10.2 Å². The summed E-state index contributed by atoms with van der Waals surface area (Å²) in [6, 6.07) is 5.45. The van der Waals surface area contributed by atoms with Crippen LogP contribution in [0.3, 0.4) is 0 Å². The van der Waals surface area contributed by atoms with Gasteiger partial charge in [0.25, 0.3) is 5.91 Å². The summed E-state index contributed by atoms with van der Waals surface area (Å²) in [6.07, 6.45) is 0. The van der Waals surface area contributed by atoms with Crippen LogP contribution in [0.1, 0.15) is 32.9 Å². The maximum absolute atomic E-state index is 12.3. The monoisotopic (exact) mass is 270 g/mol. The van der Waals surface area contributed by atoms with Crippen molar-refractivity contribution in [2.75, 3.05) is 11.1 Å². The average Bonchev–Trinajstić information content (AvgIpc) is 2.38. The lowest BCUT2D eigenvalue weighted by molar-refractivity contribution is 0.102. The van der Waals surface area contributed by atoms with Crippen molar-refractivity contribution in [1.82, 2.24) is 10.2 Å².